The number of carbonyl (C=O) groups is 1. The molecule has 2 saturated heterocycles. The molecule has 1 unspecified atom stereocenters. The third kappa shape index (κ3) is 3.38. The van der Waals surface area contributed by atoms with Gasteiger partial charge in [0.1, 0.15) is 0 Å². The van der Waals surface area contributed by atoms with Crippen LogP contribution in [-0.4, -0.2) is 43.5 Å². The number of hydrogen-bond acceptors (Lipinski definition) is 3. The molecule has 0 aromatic heterocycles. The Labute approximate surface area is 127 Å². The molecule has 0 aliphatic carbocycles. The predicted octanol–water partition coefficient (Wildman–Crippen LogP) is 2.00. The Morgan fingerprint density at radius 2 is 2.00 bits per heavy atom. The van der Waals surface area contributed by atoms with Crippen molar-refractivity contribution in [3.63, 3.8) is 0 Å². The molecule has 0 saturated carbocycles. The molecule has 0 spiro atoms. The molecule has 1 N–H and O–H groups in total. The molecular weight excluding hydrogens is 262 g/mol. The van der Waals surface area contributed by atoms with E-state index in [0.717, 1.165) is 19.5 Å². The van der Waals surface area contributed by atoms with Crippen molar-refractivity contribution in [1.29, 1.82) is 0 Å². The van der Waals surface area contributed by atoms with Crippen LogP contribution in [0.1, 0.15) is 31.2 Å². The molecule has 2 aliphatic rings. The number of anilines is 1. The maximum atomic E-state index is 11.5. The van der Waals surface area contributed by atoms with Crippen molar-refractivity contribution < 1.29 is 4.79 Å². The van der Waals surface area contributed by atoms with Crippen molar-refractivity contribution in [2.75, 3.05) is 31.6 Å². The van der Waals surface area contributed by atoms with Crippen LogP contribution in [-0.2, 0) is 11.3 Å². The predicted molar refractivity (Wildman–Crippen MR) is 85.4 cm³/mol. The summed E-state index contributed by atoms with van der Waals surface area (Å²) in [5.41, 5.74) is 2.75. The fraction of sp³-hybridized carbons (Fsp3) is 0.588. The van der Waals surface area contributed by atoms with Gasteiger partial charge in [0, 0.05) is 51.4 Å². The zero-order valence-corrected chi connectivity index (χ0v) is 12.8. The lowest BCUT2D eigenvalue weighted by Crippen LogP contribution is -2.46. The number of piperidine rings is 1. The monoisotopic (exact) mass is 287 g/mol. The molecule has 1 amide bonds. The molecule has 0 bridgehead atoms. The molecule has 4 nitrogen and oxygen atoms in total. The first-order valence-electron chi connectivity index (χ1n) is 8.04. The zero-order valence-electron chi connectivity index (χ0n) is 12.8. The number of likely N-dealkylation sites (N-methyl/N-ethyl adjacent to an activating group) is 1. The maximum absolute atomic E-state index is 11.5. The number of carbonyl (C=O) groups excluding carboxylic acids is 1. The van der Waals surface area contributed by atoms with Crippen LogP contribution in [0.4, 0.5) is 5.69 Å². The molecule has 0 radical (unpaired) electrons. The van der Waals surface area contributed by atoms with E-state index in [2.05, 4.69) is 34.5 Å². The average molecular weight is 287 g/mol. The van der Waals surface area contributed by atoms with E-state index in [-0.39, 0.29) is 5.91 Å². The molecular formula is C17H25N3O. The van der Waals surface area contributed by atoms with Gasteiger partial charge in [0.15, 0.2) is 0 Å². The first-order valence-corrected chi connectivity index (χ1v) is 8.04. The Kier molecular flexibility index (Phi) is 4.44. The number of amides is 1. The quantitative estimate of drug-likeness (QED) is 0.920. The van der Waals surface area contributed by atoms with E-state index in [0.29, 0.717) is 12.5 Å². The van der Waals surface area contributed by atoms with E-state index >= 15 is 0 Å². The number of likely N-dealkylation sites (tertiary alicyclic amines) is 1. The van der Waals surface area contributed by atoms with Crippen molar-refractivity contribution >= 4 is 11.6 Å². The lowest BCUT2D eigenvalue weighted by molar-refractivity contribution is -0.132. The summed E-state index contributed by atoms with van der Waals surface area (Å²) in [4.78, 5) is 15.9. The van der Waals surface area contributed by atoms with E-state index in [4.69, 9.17) is 0 Å². The van der Waals surface area contributed by atoms with Gasteiger partial charge < -0.3 is 15.1 Å². The second kappa shape index (κ2) is 6.48. The van der Waals surface area contributed by atoms with Crippen molar-refractivity contribution in [3.8, 4) is 0 Å². The van der Waals surface area contributed by atoms with E-state index in [1.54, 1.807) is 0 Å². The van der Waals surface area contributed by atoms with E-state index in [1.807, 2.05) is 11.9 Å². The molecule has 1 atom stereocenters. The van der Waals surface area contributed by atoms with Crippen LogP contribution in [0.25, 0.3) is 0 Å². The van der Waals surface area contributed by atoms with Crippen molar-refractivity contribution in [1.82, 2.24) is 10.2 Å². The van der Waals surface area contributed by atoms with Crippen LogP contribution in [0.15, 0.2) is 24.3 Å². The minimum absolute atomic E-state index is 0.269. The lowest BCUT2D eigenvalue weighted by atomic mass is 10.0. The average Bonchev–Trinajstić information content (AvgIpc) is 3.03. The Balaban J connectivity index is 1.61. The van der Waals surface area contributed by atoms with Gasteiger partial charge in [0.05, 0.1) is 0 Å². The fourth-order valence-corrected chi connectivity index (χ4v) is 3.36. The van der Waals surface area contributed by atoms with Crippen LogP contribution < -0.4 is 10.2 Å². The highest BCUT2D eigenvalue weighted by Gasteiger charge is 2.23. The summed E-state index contributed by atoms with van der Waals surface area (Å²) in [6.45, 7) is 4.07. The Morgan fingerprint density at radius 1 is 1.24 bits per heavy atom. The van der Waals surface area contributed by atoms with Crippen LogP contribution in [0, 0.1) is 0 Å². The zero-order chi connectivity index (χ0) is 14.7. The number of hydrogen-bond donors (Lipinski definition) is 1. The number of nitrogens with zero attached hydrogens (tertiary/aromatic N) is 2. The second-order valence-corrected chi connectivity index (χ2v) is 6.21. The first-order chi connectivity index (χ1) is 10.2. The van der Waals surface area contributed by atoms with E-state index in [1.165, 1.54) is 37.2 Å². The van der Waals surface area contributed by atoms with Gasteiger partial charge in [-0.05, 0) is 30.9 Å². The summed E-state index contributed by atoms with van der Waals surface area (Å²) in [6.07, 6.45) is 4.23. The molecule has 2 heterocycles. The summed E-state index contributed by atoms with van der Waals surface area (Å²) in [7, 11) is 1.90. The van der Waals surface area contributed by atoms with Crippen LogP contribution >= 0.6 is 0 Å². The molecule has 1 aromatic carbocycles. The molecule has 2 fully saturated rings. The molecule has 2 aliphatic heterocycles. The summed E-state index contributed by atoms with van der Waals surface area (Å²) in [5, 5.41) is 3.63. The van der Waals surface area contributed by atoms with Gasteiger partial charge >= 0.3 is 0 Å². The summed E-state index contributed by atoms with van der Waals surface area (Å²) < 4.78 is 0. The molecule has 1 aromatic rings. The molecule has 21 heavy (non-hydrogen) atoms. The number of rotatable bonds is 4. The van der Waals surface area contributed by atoms with Crippen molar-refractivity contribution in [3.05, 3.63) is 29.8 Å². The highest BCUT2D eigenvalue weighted by Crippen LogP contribution is 2.24. The third-order valence-electron chi connectivity index (χ3n) is 4.65. The third-order valence-corrected chi connectivity index (χ3v) is 4.65. The van der Waals surface area contributed by atoms with Crippen molar-refractivity contribution in [2.24, 2.45) is 0 Å². The molecule has 114 valence electrons. The number of para-hydroxylation sites is 1. The van der Waals surface area contributed by atoms with Gasteiger partial charge in [0.25, 0.3) is 0 Å². The SMILES string of the molecule is CN1CC(NCc2ccccc2N2CCCC2)CCC1=O. The summed E-state index contributed by atoms with van der Waals surface area (Å²) >= 11 is 0. The van der Waals surface area contributed by atoms with Gasteiger partial charge in [-0.25, -0.2) is 0 Å². The summed E-state index contributed by atoms with van der Waals surface area (Å²) in [5.74, 6) is 0.269. The number of benzene rings is 1. The standard InChI is InChI=1S/C17H25N3O/c1-19-13-15(8-9-17(19)21)18-12-14-6-2-3-7-16(14)20-10-4-5-11-20/h2-3,6-7,15,18H,4-5,8-13H2,1H3. The molecule has 4 heteroatoms. The van der Waals surface area contributed by atoms with E-state index < -0.39 is 0 Å². The largest absolute Gasteiger partial charge is 0.371 e. The smallest absolute Gasteiger partial charge is 0.222 e. The number of nitrogens with one attached hydrogen (secondary N) is 1. The minimum atomic E-state index is 0.269. The lowest BCUT2D eigenvalue weighted by Gasteiger charge is -2.31. The first kappa shape index (κ1) is 14.4. The van der Waals surface area contributed by atoms with Crippen LogP contribution in [0.5, 0.6) is 0 Å². The van der Waals surface area contributed by atoms with Gasteiger partial charge in [-0.3, -0.25) is 4.79 Å². The minimum Gasteiger partial charge on any atom is -0.371 e. The van der Waals surface area contributed by atoms with Crippen LogP contribution in [0.3, 0.4) is 0 Å². The van der Waals surface area contributed by atoms with Crippen LogP contribution in [0.2, 0.25) is 0 Å². The Bertz CT molecular complexity index is 497. The highest BCUT2D eigenvalue weighted by atomic mass is 16.2. The van der Waals surface area contributed by atoms with Gasteiger partial charge in [-0.1, -0.05) is 18.2 Å². The van der Waals surface area contributed by atoms with Gasteiger partial charge in [-0.2, -0.15) is 0 Å². The molecule has 3 rings (SSSR count). The van der Waals surface area contributed by atoms with Gasteiger partial charge in [-0.15, -0.1) is 0 Å². The Morgan fingerprint density at radius 3 is 2.76 bits per heavy atom. The van der Waals surface area contributed by atoms with E-state index in [9.17, 15) is 4.79 Å². The second-order valence-electron chi connectivity index (χ2n) is 6.21. The van der Waals surface area contributed by atoms with Crippen molar-refractivity contribution in [2.45, 2.75) is 38.3 Å². The topological polar surface area (TPSA) is 35.6 Å². The Hall–Kier alpha value is -1.55. The van der Waals surface area contributed by atoms with Gasteiger partial charge in [0.2, 0.25) is 5.91 Å². The maximum Gasteiger partial charge on any atom is 0.222 e. The normalized spacial score (nSPS) is 22.9. The summed E-state index contributed by atoms with van der Waals surface area (Å²) in [6, 6.07) is 9.12. The fourth-order valence-electron chi connectivity index (χ4n) is 3.36. The highest BCUT2D eigenvalue weighted by molar-refractivity contribution is 5.76.